The van der Waals surface area contributed by atoms with Gasteiger partial charge < -0.3 is 20.5 Å². The predicted molar refractivity (Wildman–Crippen MR) is 89.7 cm³/mol. The maximum Gasteiger partial charge on any atom is 0.254 e. The van der Waals surface area contributed by atoms with Crippen LogP contribution >= 0.6 is 0 Å². The Hall–Kier alpha value is -2.67. The Morgan fingerprint density at radius 2 is 2.08 bits per heavy atom. The van der Waals surface area contributed by atoms with Crippen molar-refractivity contribution >= 4 is 11.8 Å². The Morgan fingerprint density at radius 3 is 2.71 bits per heavy atom. The number of nitrogens with one attached hydrogen (secondary N) is 1. The Balaban J connectivity index is 1.78. The molecule has 2 heterocycles. The molecule has 0 aliphatic carbocycles. The van der Waals surface area contributed by atoms with Gasteiger partial charge in [-0.1, -0.05) is 0 Å². The van der Waals surface area contributed by atoms with Gasteiger partial charge in [0.2, 0.25) is 5.91 Å². The number of carbonyl (C=O) groups is 2. The second-order valence-corrected chi connectivity index (χ2v) is 5.88. The van der Waals surface area contributed by atoms with Gasteiger partial charge in [0.15, 0.2) is 0 Å². The summed E-state index contributed by atoms with van der Waals surface area (Å²) in [5.74, 6) is -0.315. The zero-order chi connectivity index (χ0) is 17.1. The van der Waals surface area contributed by atoms with E-state index >= 15 is 0 Å². The molecule has 2 amide bonds. The van der Waals surface area contributed by atoms with E-state index in [0.717, 1.165) is 5.69 Å². The van der Waals surface area contributed by atoms with Crippen LogP contribution in [-0.2, 0) is 4.79 Å². The summed E-state index contributed by atoms with van der Waals surface area (Å²) in [5.41, 5.74) is 7.43. The molecule has 7 nitrogen and oxygen atoms in total. The first-order valence-corrected chi connectivity index (χ1v) is 8.02. The number of likely N-dealkylation sites (tertiary alicyclic amines) is 1. The molecule has 1 aromatic heterocycles. The highest BCUT2D eigenvalue weighted by Crippen LogP contribution is 2.20. The van der Waals surface area contributed by atoms with Crippen molar-refractivity contribution in [1.29, 1.82) is 0 Å². The van der Waals surface area contributed by atoms with E-state index < -0.39 is 6.04 Å². The normalized spacial score (nSPS) is 20.2. The standard InChI is InChI=1S/C17H21N5O2/c1-2-20-16(23)15-9-13(18)10-22(15)17(24)12-3-5-14(6-4-12)21-8-7-19-11-21/h3-8,11,13,15H,2,9-10,18H2,1H3,(H,20,23)/t13-,15-/m0/s1. The maximum absolute atomic E-state index is 12.8. The molecule has 0 bridgehead atoms. The highest BCUT2D eigenvalue weighted by Gasteiger charge is 2.38. The minimum atomic E-state index is -0.499. The van der Waals surface area contributed by atoms with E-state index in [4.69, 9.17) is 5.73 Å². The molecule has 0 unspecified atom stereocenters. The highest BCUT2D eigenvalue weighted by molar-refractivity contribution is 5.98. The SMILES string of the molecule is CCNC(=O)[C@@H]1C[C@H](N)CN1C(=O)c1ccc(-n2ccnc2)cc1. The van der Waals surface area contributed by atoms with Crippen molar-refractivity contribution in [3.05, 3.63) is 48.5 Å². The summed E-state index contributed by atoms with van der Waals surface area (Å²) in [4.78, 5) is 30.5. The fourth-order valence-electron chi connectivity index (χ4n) is 2.99. The largest absolute Gasteiger partial charge is 0.355 e. The molecule has 2 aromatic rings. The molecule has 3 N–H and O–H groups in total. The maximum atomic E-state index is 12.8. The van der Waals surface area contributed by atoms with Crippen LogP contribution in [0.15, 0.2) is 43.0 Å². The van der Waals surface area contributed by atoms with Crippen molar-refractivity contribution in [3.8, 4) is 5.69 Å². The molecule has 0 radical (unpaired) electrons. The Bertz CT molecular complexity index is 711. The number of imidazole rings is 1. The second-order valence-electron chi connectivity index (χ2n) is 5.88. The van der Waals surface area contributed by atoms with Crippen molar-refractivity contribution in [3.63, 3.8) is 0 Å². The number of rotatable bonds is 4. The summed E-state index contributed by atoms with van der Waals surface area (Å²) < 4.78 is 1.86. The third-order valence-electron chi connectivity index (χ3n) is 4.16. The van der Waals surface area contributed by atoms with Crippen molar-refractivity contribution in [2.45, 2.75) is 25.4 Å². The average Bonchev–Trinajstić information content (AvgIpc) is 3.24. The monoisotopic (exact) mass is 327 g/mol. The van der Waals surface area contributed by atoms with E-state index in [1.165, 1.54) is 0 Å². The van der Waals surface area contributed by atoms with E-state index in [2.05, 4.69) is 10.3 Å². The van der Waals surface area contributed by atoms with Gasteiger partial charge in [-0.2, -0.15) is 0 Å². The predicted octanol–water partition coefficient (Wildman–Crippen LogP) is 0.550. The molecule has 1 aliphatic heterocycles. The molecule has 1 saturated heterocycles. The fraction of sp³-hybridized carbons (Fsp3) is 0.353. The van der Waals surface area contributed by atoms with Crippen LogP contribution in [0.2, 0.25) is 0 Å². The number of carbonyl (C=O) groups excluding carboxylic acids is 2. The van der Waals surface area contributed by atoms with E-state index in [9.17, 15) is 9.59 Å². The van der Waals surface area contributed by atoms with Crippen molar-refractivity contribution in [2.75, 3.05) is 13.1 Å². The quantitative estimate of drug-likeness (QED) is 0.857. The zero-order valence-electron chi connectivity index (χ0n) is 13.6. The van der Waals surface area contributed by atoms with Gasteiger partial charge in [-0.25, -0.2) is 4.98 Å². The molecule has 1 aliphatic rings. The van der Waals surface area contributed by atoms with E-state index in [0.29, 0.717) is 25.1 Å². The number of nitrogens with two attached hydrogens (primary N) is 1. The van der Waals surface area contributed by atoms with Crippen LogP contribution in [0.25, 0.3) is 5.69 Å². The van der Waals surface area contributed by atoms with Crippen LogP contribution in [0.5, 0.6) is 0 Å². The minimum absolute atomic E-state index is 0.145. The first-order valence-electron chi connectivity index (χ1n) is 8.02. The molecule has 0 saturated carbocycles. The minimum Gasteiger partial charge on any atom is -0.355 e. The molecule has 1 aromatic carbocycles. The van der Waals surface area contributed by atoms with Crippen LogP contribution < -0.4 is 11.1 Å². The molecular weight excluding hydrogens is 306 g/mol. The summed E-state index contributed by atoms with van der Waals surface area (Å²) in [5, 5.41) is 2.77. The van der Waals surface area contributed by atoms with Crippen molar-refractivity contribution < 1.29 is 9.59 Å². The number of nitrogens with zero attached hydrogens (tertiary/aromatic N) is 3. The lowest BCUT2D eigenvalue weighted by atomic mass is 10.1. The van der Waals surface area contributed by atoms with Gasteiger partial charge in [0.05, 0.1) is 6.33 Å². The number of likely N-dealkylation sites (N-methyl/N-ethyl adjacent to an activating group) is 1. The van der Waals surface area contributed by atoms with Gasteiger partial charge in [0.25, 0.3) is 5.91 Å². The van der Waals surface area contributed by atoms with Crippen LogP contribution in [0.1, 0.15) is 23.7 Å². The topological polar surface area (TPSA) is 93.3 Å². The number of hydrogen-bond donors (Lipinski definition) is 2. The van der Waals surface area contributed by atoms with Gasteiger partial charge in [-0.05, 0) is 37.6 Å². The first-order chi connectivity index (χ1) is 11.6. The molecule has 1 fully saturated rings. The van der Waals surface area contributed by atoms with Gasteiger partial charge in [0.1, 0.15) is 6.04 Å². The molecule has 2 atom stereocenters. The van der Waals surface area contributed by atoms with Crippen LogP contribution in [-0.4, -0.2) is 51.4 Å². The van der Waals surface area contributed by atoms with Gasteiger partial charge >= 0.3 is 0 Å². The van der Waals surface area contributed by atoms with Gasteiger partial charge in [-0.3, -0.25) is 9.59 Å². The lowest BCUT2D eigenvalue weighted by Crippen LogP contribution is -2.45. The number of amides is 2. The summed E-state index contributed by atoms with van der Waals surface area (Å²) in [7, 11) is 0. The Kier molecular flexibility index (Phi) is 4.61. The van der Waals surface area contributed by atoms with Crippen molar-refractivity contribution in [1.82, 2.24) is 19.8 Å². The molecule has 24 heavy (non-hydrogen) atoms. The molecule has 3 rings (SSSR count). The van der Waals surface area contributed by atoms with Crippen LogP contribution in [0, 0.1) is 0 Å². The number of hydrogen-bond acceptors (Lipinski definition) is 4. The van der Waals surface area contributed by atoms with Crippen LogP contribution in [0.4, 0.5) is 0 Å². The van der Waals surface area contributed by atoms with E-state index in [1.807, 2.05) is 29.8 Å². The van der Waals surface area contributed by atoms with Gasteiger partial charge in [0, 0.05) is 42.8 Å². The summed E-state index contributed by atoms with van der Waals surface area (Å²) in [6, 6.07) is 6.55. The van der Waals surface area contributed by atoms with E-state index in [1.54, 1.807) is 29.6 Å². The highest BCUT2D eigenvalue weighted by atomic mass is 16.2. The Labute approximate surface area is 140 Å². The van der Waals surface area contributed by atoms with E-state index in [-0.39, 0.29) is 17.9 Å². The summed E-state index contributed by atoms with van der Waals surface area (Å²) in [6.45, 7) is 2.78. The fourth-order valence-corrected chi connectivity index (χ4v) is 2.99. The second kappa shape index (κ2) is 6.84. The van der Waals surface area contributed by atoms with Crippen LogP contribution in [0.3, 0.4) is 0 Å². The lowest BCUT2D eigenvalue weighted by molar-refractivity contribution is -0.124. The number of aromatic nitrogens is 2. The smallest absolute Gasteiger partial charge is 0.254 e. The first kappa shape index (κ1) is 16.2. The van der Waals surface area contributed by atoms with Crippen molar-refractivity contribution in [2.24, 2.45) is 5.73 Å². The zero-order valence-corrected chi connectivity index (χ0v) is 13.6. The third-order valence-corrected chi connectivity index (χ3v) is 4.16. The lowest BCUT2D eigenvalue weighted by Gasteiger charge is -2.23. The molecule has 126 valence electrons. The average molecular weight is 327 g/mol. The third kappa shape index (κ3) is 3.16. The molecule has 7 heteroatoms. The Morgan fingerprint density at radius 1 is 1.33 bits per heavy atom. The summed E-state index contributed by atoms with van der Waals surface area (Å²) >= 11 is 0. The van der Waals surface area contributed by atoms with Gasteiger partial charge in [-0.15, -0.1) is 0 Å². The number of benzene rings is 1. The summed E-state index contributed by atoms with van der Waals surface area (Å²) in [6.07, 6.45) is 5.72. The molecule has 0 spiro atoms. The molecular formula is C17H21N5O2.